The summed E-state index contributed by atoms with van der Waals surface area (Å²) in [7, 11) is 0. The molecule has 1 aromatic heterocycles. The summed E-state index contributed by atoms with van der Waals surface area (Å²) in [6.45, 7) is 0.460. The van der Waals surface area contributed by atoms with Crippen LogP contribution in [0.2, 0.25) is 20.1 Å². The van der Waals surface area contributed by atoms with Gasteiger partial charge in [-0.05, 0) is 42.8 Å². The van der Waals surface area contributed by atoms with E-state index in [1.807, 2.05) is 0 Å². The highest BCUT2D eigenvalue weighted by molar-refractivity contribution is 7.15. The SMILES string of the molecule is O=C(Nc1ccc(Cl)c(Cl)c1)Nc1nnc(CCCOc2ccc(Cl)cc2Cl)s1. The molecular weight excluding hydrogens is 478 g/mol. The van der Waals surface area contributed by atoms with Gasteiger partial charge < -0.3 is 10.1 Å². The van der Waals surface area contributed by atoms with Crippen molar-refractivity contribution >= 4 is 74.6 Å². The first-order valence-electron chi connectivity index (χ1n) is 8.34. The number of carbonyl (C=O) groups excluding carboxylic acids is 1. The van der Waals surface area contributed by atoms with Gasteiger partial charge in [0, 0.05) is 17.1 Å². The summed E-state index contributed by atoms with van der Waals surface area (Å²) in [6.07, 6.45) is 1.36. The Balaban J connectivity index is 1.44. The van der Waals surface area contributed by atoms with Crippen molar-refractivity contribution < 1.29 is 9.53 Å². The third kappa shape index (κ3) is 6.62. The molecule has 0 radical (unpaired) electrons. The van der Waals surface area contributed by atoms with E-state index in [1.54, 1.807) is 36.4 Å². The number of urea groups is 1. The average Bonchev–Trinajstić information content (AvgIpc) is 3.10. The zero-order valence-electron chi connectivity index (χ0n) is 14.7. The molecule has 3 aromatic rings. The summed E-state index contributed by atoms with van der Waals surface area (Å²) in [6, 6.07) is 9.42. The molecule has 0 saturated carbocycles. The second kappa shape index (κ2) is 10.3. The number of benzene rings is 2. The van der Waals surface area contributed by atoms with Crippen molar-refractivity contribution in [2.75, 3.05) is 17.2 Å². The lowest BCUT2D eigenvalue weighted by Gasteiger charge is -2.07. The summed E-state index contributed by atoms with van der Waals surface area (Å²) in [5.74, 6) is 0.578. The van der Waals surface area contributed by atoms with E-state index in [-0.39, 0.29) is 0 Å². The number of amides is 2. The topological polar surface area (TPSA) is 76.1 Å². The van der Waals surface area contributed by atoms with Crippen molar-refractivity contribution in [1.29, 1.82) is 0 Å². The summed E-state index contributed by atoms with van der Waals surface area (Å²) in [5.41, 5.74) is 0.514. The molecule has 29 heavy (non-hydrogen) atoms. The van der Waals surface area contributed by atoms with Crippen molar-refractivity contribution in [3.8, 4) is 5.75 Å². The Labute approximate surface area is 191 Å². The molecule has 0 aliphatic carbocycles. The largest absolute Gasteiger partial charge is 0.492 e. The smallest absolute Gasteiger partial charge is 0.325 e. The van der Waals surface area contributed by atoms with Gasteiger partial charge in [-0.3, -0.25) is 5.32 Å². The molecule has 3 rings (SSSR count). The van der Waals surface area contributed by atoms with Crippen LogP contribution in [-0.4, -0.2) is 22.8 Å². The van der Waals surface area contributed by atoms with Gasteiger partial charge in [-0.2, -0.15) is 0 Å². The first-order valence-corrected chi connectivity index (χ1v) is 10.7. The minimum atomic E-state index is -0.452. The molecule has 0 aliphatic rings. The summed E-state index contributed by atoms with van der Waals surface area (Å²) < 4.78 is 5.64. The van der Waals surface area contributed by atoms with Crippen LogP contribution in [0.1, 0.15) is 11.4 Å². The summed E-state index contributed by atoms with van der Waals surface area (Å²) in [4.78, 5) is 12.1. The fraction of sp³-hybridized carbons (Fsp3) is 0.167. The molecule has 0 fully saturated rings. The second-order valence-electron chi connectivity index (χ2n) is 5.74. The predicted molar refractivity (Wildman–Crippen MR) is 119 cm³/mol. The Hall–Kier alpha value is -1.77. The fourth-order valence-electron chi connectivity index (χ4n) is 2.24. The van der Waals surface area contributed by atoms with Gasteiger partial charge in [0.2, 0.25) is 5.13 Å². The minimum Gasteiger partial charge on any atom is -0.492 e. The van der Waals surface area contributed by atoms with Crippen molar-refractivity contribution in [3.05, 3.63) is 61.5 Å². The van der Waals surface area contributed by atoms with Crippen molar-refractivity contribution in [3.63, 3.8) is 0 Å². The average molecular weight is 492 g/mol. The van der Waals surface area contributed by atoms with E-state index in [9.17, 15) is 4.79 Å². The summed E-state index contributed by atoms with van der Waals surface area (Å²) in [5, 5.41) is 16.3. The van der Waals surface area contributed by atoms with Crippen LogP contribution in [0.25, 0.3) is 0 Å². The van der Waals surface area contributed by atoms with Gasteiger partial charge in [-0.25, -0.2) is 4.79 Å². The predicted octanol–water partition coefficient (Wildman–Crippen LogP) is 6.81. The number of carbonyl (C=O) groups is 1. The normalized spacial score (nSPS) is 10.6. The van der Waals surface area contributed by atoms with Crippen molar-refractivity contribution in [1.82, 2.24) is 10.2 Å². The highest BCUT2D eigenvalue weighted by Crippen LogP contribution is 2.28. The second-order valence-corrected chi connectivity index (χ2v) is 8.46. The number of ether oxygens (including phenoxy) is 1. The Kier molecular flexibility index (Phi) is 7.80. The molecule has 2 amide bonds. The van der Waals surface area contributed by atoms with E-state index >= 15 is 0 Å². The number of nitrogens with one attached hydrogen (secondary N) is 2. The third-order valence-electron chi connectivity index (χ3n) is 3.55. The van der Waals surface area contributed by atoms with Crippen LogP contribution in [0.3, 0.4) is 0 Å². The molecule has 0 unspecified atom stereocenters. The van der Waals surface area contributed by atoms with Gasteiger partial charge in [0.25, 0.3) is 0 Å². The molecule has 6 nitrogen and oxygen atoms in total. The number of hydrogen-bond acceptors (Lipinski definition) is 5. The van der Waals surface area contributed by atoms with Crippen LogP contribution in [0.4, 0.5) is 15.6 Å². The van der Waals surface area contributed by atoms with Gasteiger partial charge >= 0.3 is 6.03 Å². The van der Waals surface area contributed by atoms with Crippen LogP contribution in [-0.2, 0) is 6.42 Å². The van der Waals surface area contributed by atoms with E-state index in [2.05, 4.69) is 20.8 Å². The van der Waals surface area contributed by atoms with Crippen LogP contribution in [0.5, 0.6) is 5.75 Å². The highest BCUT2D eigenvalue weighted by Gasteiger charge is 2.10. The standard InChI is InChI=1S/C18H14Cl4N4O2S/c19-10-3-6-15(14(22)8-10)28-7-1-2-16-25-26-18(29-16)24-17(27)23-11-4-5-12(20)13(21)9-11/h3-6,8-9H,1-2,7H2,(H2,23,24,26,27). The van der Waals surface area contributed by atoms with Gasteiger partial charge in [0.15, 0.2) is 0 Å². The molecule has 1 heterocycles. The lowest BCUT2D eigenvalue weighted by atomic mass is 10.3. The van der Waals surface area contributed by atoms with Gasteiger partial charge in [0.05, 0.1) is 21.7 Å². The zero-order valence-corrected chi connectivity index (χ0v) is 18.6. The first kappa shape index (κ1) is 21.9. The Bertz CT molecular complexity index is 1020. The molecule has 0 atom stereocenters. The maximum absolute atomic E-state index is 12.1. The molecule has 0 spiro atoms. The molecule has 2 N–H and O–H groups in total. The minimum absolute atomic E-state index is 0.352. The van der Waals surface area contributed by atoms with Crippen LogP contribution < -0.4 is 15.4 Å². The maximum atomic E-state index is 12.1. The van der Waals surface area contributed by atoms with E-state index in [1.165, 1.54) is 11.3 Å². The molecule has 2 aromatic carbocycles. The molecule has 0 bridgehead atoms. The quantitative estimate of drug-likeness (QED) is 0.356. The van der Waals surface area contributed by atoms with Gasteiger partial charge in [0.1, 0.15) is 10.8 Å². The Morgan fingerprint density at radius 3 is 2.55 bits per heavy atom. The Morgan fingerprint density at radius 2 is 1.79 bits per heavy atom. The fourth-order valence-corrected chi connectivity index (χ4v) is 3.77. The monoisotopic (exact) mass is 490 g/mol. The van der Waals surface area contributed by atoms with Crippen LogP contribution in [0.15, 0.2) is 36.4 Å². The van der Waals surface area contributed by atoms with E-state index in [4.69, 9.17) is 51.1 Å². The van der Waals surface area contributed by atoms with Crippen molar-refractivity contribution in [2.45, 2.75) is 12.8 Å². The lowest BCUT2D eigenvalue weighted by Crippen LogP contribution is -2.19. The highest BCUT2D eigenvalue weighted by atomic mass is 35.5. The van der Waals surface area contributed by atoms with Crippen LogP contribution in [0, 0.1) is 0 Å². The van der Waals surface area contributed by atoms with E-state index < -0.39 is 6.03 Å². The number of aryl methyl sites for hydroxylation is 1. The Morgan fingerprint density at radius 1 is 0.966 bits per heavy atom. The number of aromatic nitrogens is 2. The number of halogens is 4. The van der Waals surface area contributed by atoms with E-state index in [0.29, 0.717) is 56.1 Å². The molecule has 11 heteroatoms. The zero-order chi connectivity index (χ0) is 20.8. The number of nitrogens with zero attached hydrogens (tertiary/aromatic N) is 2. The number of rotatable bonds is 7. The molecule has 0 aliphatic heterocycles. The van der Waals surface area contributed by atoms with Gasteiger partial charge in [-0.1, -0.05) is 57.7 Å². The van der Waals surface area contributed by atoms with Crippen molar-refractivity contribution in [2.24, 2.45) is 0 Å². The molecule has 152 valence electrons. The molecule has 0 saturated heterocycles. The third-order valence-corrected chi connectivity index (χ3v) is 5.72. The first-order chi connectivity index (χ1) is 13.9. The lowest BCUT2D eigenvalue weighted by molar-refractivity contribution is 0.262. The maximum Gasteiger partial charge on any atom is 0.325 e. The van der Waals surface area contributed by atoms with Crippen LogP contribution >= 0.6 is 57.7 Å². The van der Waals surface area contributed by atoms with Gasteiger partial charge in [-0.15, -0.1) is 10.2 Å². The van der Waals surface area contributed by atoms with E-state index in [0.717, 1.165) is 5.01 Å². The number of anilines is 2. The number of hydrogen-bond donors (Lipinski definition) is 2. The summed E-state index contributed by atoms with van der Waals surface area (Å²) >= 11 is 25.0. The molecular formula is C18H14Cl4N4O2S.